The third-order valence-corrected chi connectivity index (χ3v) is 4.49. The molecule has 5 nitrogen and oxygen atoms in total. The minimum Gasteiger partial charge on any atom is -0.310 e. The number of nitrogens with zero attached hydrogens (tertiary/aromatic N) is 1. The molecule has 1 aromatic heterocycles. The predicted molar refractivity (Wildman–Crippen MR) is 80.8 cm³/mol. The van der Waals surface area contributed by atoms with Crippen molar-refractivity contribution >= 4 is 21.6 Å². The lowest BCUT2D eigenvalue weighted by molar-refractivity contribution is -0.113. The Morgan fingerprint density at radius 3 is 2.38 bits per heavy atom. The van der Waals surface area contributed by atoms with E-state index in [4.69, 9.17) is 0 Å². The number of carbonyl (C=O) groups is 1. The second kappa shape index (κ2) is 6.05. The number of benzene rings is 1. The van der Waals surface area contributed by atoms with Gasteiger partial charge >= 0.3 is 0 Å². The topological polar surface area (TPSA) is 76.1 Å². The number of aromatic nitrogens is 1. The molecule has 1 amide bonds. The Morgan fingerprint density at radius 1 is 1.10 bits per heavy atom. The van der Waals surface area contributed by atoms with Crippen molar-refractivity contribution in [3.8, 4) is 0 Å². The van der Waals surface area contributed by atoms with Crippen LogP contribution in [0.5, 0.6) is 0 Å². The quantitative estimate of drug-likeness (QED) is 0.938. The lowest BCUT2D eigenvalue weighted by Crippen LogP contribution is -2.23. The standard InChI is InChI=1S/C15H16N2O3S/c1-11-6-8-13(9-7-11)21(19,20)10-15(18)17-14-5-3-4-12(2)16-14/h3-9H,10H2,1-2H3,(H,16,17,18). The van der Waals surface area contributed by atoms with Gasteiger partial charge in [0.1, 0.15) is 11.6 Å². The van der Waals surface area contributed by atoms with Crippen molar-refractivity contribution in [3.05, 3.63) is 53.7 Å². The molecule has 0 unspecified atom stereocenters. The Labute approximate surface area is 124 Å². The minimum atomic E-state index is -3.65. The maximum Gasteiger partial charge on any atom is 0.241 e. The van der Waals surface area contributed by atoms with Crippen LogP contribution in [0.4, 0.5) is 5.82 Å². The van der Waals surface area contributed by atoms with Crippen molar-refractivity contribution < 1.29 is 13.2 Å². The molecule has 110 valence electrons. The maximum absolute atomic E-state index is 12.1. The van der Waals surface area contributed by atoms with Gasteiger partial charge in [-0.1, -0.05) is 23.8 Å². The zero-order valence-electron chi connectivity index (χ0n) is 11.8. The van der Waals surface area contributed by atoms with Gasteiger partial charge in [-0.3, -0.25) is 4.79 Å². The third-order valence-electron chi connectivity index (χ3n) is 2.86. The second-order valence-corrected chi connectivity index (χ2v) is 6.77. The number of sulfone groups is 1. The molecule has 2 aromatic rings. The minimum absolute atomic E-state index is 0.139. The number of rotatable bonds is 4. The van der Waals surface area contributed by atoms with Gasteiger partial charge in [-0.2, -0.15) is 0 Å². The van der Waals surface area contributed by atoms with Crippen LogP contribution in [0, 0.1) is 13.8 Å². The van der Waals surface area contributed by atoms with E-state index in [9.17, 15) is 13.2 Å². The summed E-state index contributed by atoms with van der Waals surface area (Å²) in [7, 11) is -3.65. The fraction of sp³-hybridized carbons (Fsp3) is 0.200. The Bertz CT molecular complexity index is 753. The Morgan fingerprint density at radius 2 is 1.76 bits per heavy atom. The van der Waals surface area contributed by atoms with Crippen LogP contribution in [0.3, 0.4) is 0 Å². The molecule has 0 saturated heterocycles. The van der Waals surface area contributed by atoms with E-state index in [1.165, 1.54) is 12.1 Å². The summed E-state index contributed by atoms with van der Waals surface area (Å²) in [6, 6.07) is 11.6. The first-order valence-corrected chi connectivity index (χ1v) is 8.05. The molecule has 0 bridgehead atoms. The van der Waals surface area contributed by atoms with E-state index in [2.05, 4.69) is 10.3 Å². The maximum atomic E-state index is 12.1. The SMILES string of the molecule is Cc1ccc(S(=O)(=O)CC(=O)Nc2cccc(C)n2)cc1. The number of pyridine rings is 1. The summed E-state index contributed by atoms with van der Waals surface area (Å²) >= 11 is 0. The molecular weight excluding hydrogens is 288 g/mol. The number of nitrogens with one attached hydrogen (secondary N) is 1. The summed E-state index contributed by atoms with van der Waals surface area (Å²) < 4.78 is 24.3. The largest absolute Gasteiger partial charge is 0.310 e. The summed E-state index contributed by atoms with van der Waals surface area (Å²) in [6.45, 7) is 3.66. The van der Waals surface area contributed by atoms with Crippen LogP contribution in [0.25, 0.3) is 0 Å². The van der Waals surface area contributed by atoms with E-state index >= 15 is 0 Å². The van der Waals surface area contributed by atoms with Gasteiger partial charge in [0.15, 0.2) is 9.84 Å². The Hall–Kier alpha value is -2.21. The van der Waals surface area contributed by atoms with Gasteiger partial charge in [-0.15, -0.1) is 0 Å². The number of hydrogen-bond acceptors (Lipinski definition) is 4. The van der Waals surface area contributed by atoms with Crippen molar-refractivity contribution in [3.63, 3.8) is 0 Å². The number of hydrogen-bond donors (Lipinski definition) is 1. The highest BCUT2D eigenvalue weighted by atomic mass is 32.2. The highest BCUT2D eigenvalue weighted by molar-refractivity contribution is 7.92. The molecule has 6 heteroatoms. The molecule has 0 fully saturated rings. The molecule has 21 heavy (non-hydrogen) atoms. The normalized spacial score (nSPS) is 11.1. The molecule has 0 aliphatic carbocycles. The Kier molecular flexibility index (Phi) is 4.37. The van der Waals surface area contributed by atoms with E-state index in [0.717, 1.165) is 11.3 Å². The first-order chi connectivity index (χ1) is 9.87. The van der Waals surface area contributed by atoms with Gasteiger partial charge in [-0.05, 0) is 38.1 Å². The van der Waals surface area contributed by atoms with Crippen LogP contribution in [0.15, 0.2) is 47.4 Å². The van der Waals surface area contributed by atoms with Crippen molar-refractivity contribution in [2.45, 2.75) is 18.7 Å². The van der Waals surface area contributed by atoms with E-state index in [1.54, 1.807) is 37.3 Å². The molecule has 1 heterocycles. The molecule has 0 atom stereocenters. The summed E-state index contributed by atoms with van der Waals surface area (Å²) in [5, 5.41) is 2.49. The van der Waals surface area contributed by atoms with Gasteiger partial charge in [0, 0.05) is 5.69 Å². The van der Waals surface area contributed by atoms with Crippen LogP contribution >= 0.6 is 0 Å². The van der Waals surface area contributed by atoms with Crippen molar-refractivity contribution in [2.75, 3.05) is 11.1 Å². The van der Waals surface area contributed by atoms with E-state index < -0.39 is 21.5 Å². The lowest BCUT2D eigenvalue weighted by atomic mass is 10.2. The molecule has 1 aromatic carbocycles. The first kappa shape index (κ1) is 15.2. The van der Waals surface area contributed by atoms with E-state index in [0.29, 0.717) is 5.82 Å². The molecule has 0 spiro atoms. The fourth-order valence-electron chi connectivity index (χ4n) is 1.79. The van der Waals surface area contributed by atoms with Crippen LogP contribution in [0.1, 0.15) is 11.3 Å². The van der Waals surface area contributed by atoms with Crippen LogP contribution in [0.2, 0.25) is 0 Å². The van der Waals surface area contributed by atoms with Crippen LogP contribution in [-0.2, 0) is 14.6 Å². The van der Waals surface area contributed by atoms with E-state index in [-0.39, 0.29) is 4.90 Å². The molecule has 0 aliphatic rings. The fourth-order valence-corrected chi connectivity index (χ4v) is 2.93. The zero-order valence-corrected chi connectivity index (χ0v) is 12.6. The lowest BCUT2D eigenvalue weighted by Gasteiger charge is -2.06. The number of carbonyl (C=O) groups excluding carboxylic acids is 1. The highest BCUT2D eigenvalue weighted by Gasteiger charge is 2.19. The van der Waals surface area contributed by atoms with Gasteiger partial charge in [0.2, 0.25) is 5.91 Å². The molecule has 0 radical (unpaired) electrons. The summed E-state index contributed by atoms with van der Waals surface area (Å²) in [5.41, 5.74) is 1.71. The average molecular weight is 304 g/mol. The summed E-state index contributed by atoms with van der Waals surface area (Å²) in [4.78, 5) is 16.1. The Balaban J connectivity index is 2.09. The molecular formula is C15H16N2O3S. The first-order valence-electron chi connectivity index (χ1n) is 6.40. The van der Waals surface area contributed by atoms with Crippen molar-refractivity contribution in [1.82, 2.24) is 4.98 Å². The van der Waals surface area contributed by atoms with Crippen LogP contribution in [-0.4, -0.2) is 25.1 Å². The van der Waals surface area contributed by atoms with Gasteiger partial charge in [0.05, 0.1) is 4.90 Å². The highest BCUT2D eigenvalue weighted by Crippen LogP contribution is 2.13. The third kappa shape index (κ3) is 4.13. The average Bonchev–Trinajstić information content (AvgIpc) is 2.38. The smallest absolute Gasteiger partial charge is 0.241 e. The monoisotopic (exact) mass is 304 g/mol. The number of anilines is 1. The molecule has 0 saturated carbocycles. The number of aryl methyl sites for hydroxylation is 2. The van der Waals surface area contributed by atoms with Crippen molar-refractivity contribution in [2.24, 2.45) is 0 Å². The summed E-state index contributed by atoms with van der Waals surface area (Å²) in [5.74, 6) is -0.862. The number of amides is 1. The molecule has 2 rings (SSSR count). The van der Waals surface area contributed by atoms with Crippen LogP contribution < -0.4 is 5.32 Å². The van der Waals surface area contributed by atoms with Gasteiger partial charge in [0.25, 0.3) is 0 Å². The molecule has 0 aliphatic heterocycles. The molecule has 1 N–H and O–H groups in total. The van der Waals surface area contributed by atoms with Gasteiger partial charge in [-0.25, -0.2) is 13.4 Å². The van der Waals surface area contributed by atoms with Crippen molar-refractivity contribution in [1.29, 1.82) is 0 Å². The van der Waals surface area contributed by atoms with Gasteiger partial charge < -0.3 is 5.32 Å². The zero-order chi connectivity index (χ0) is 15.5. The van der Waals surface area contributed by atoms with E-state index in [1.807, 2.05) is 6.92 Å². The predicted octanol–water partition coefficient (Wildman–Crippen LogP) is 2.11. The summed E-state index contributed by atoms with van der Waals surface area (Å²) in [6.07, 6.45) is 0. The second-order valence-electron chi connectivity index (χ2n) is 4.78.